The summed E-state index contributed by atoms with van der Waals surface area (Å²) in [6.45, 7) is 20.0. The van der Waals surface area contributed by atoms with Gasteiger partial charge in [-0.2, -0.15) is 44.6 Å². The minimum Gasteiger partial charge on any atom is -0.494 e. The lowest BCUT2D eigenvalue weighted by molar-refractivity contribution is -0.193. The van der Waals surface area contributed by atoms with E-state index in [2.05, 4.69) is 46.4 Å². The van der Waals surface area contributed by atoms with Gasteiger partial charge in [0.1, 0.15) is 40.4 Å². The van der Waals surface area contributed by atoms with Crippen molar-refractivity contribution in [1.29, 1.82) is 0 Å². The van der Waals surface area contributed by atoms with Crippen molar-refractivity contribution in [3.8, 4) is 5.75 Å². The van der Waals surface area contributed by atoms with Gasteiger partial charge >= 0.3 is 48.2 Å². The lowest BCUT2D eigenvalue weighted by Gasteiger charge is -2.34. The van der Waals surface area contributed by atoms with Gasteiger partial charge in [0.2, 0.25) is 27.7 Å². The standard InChI is InChI=1S/C62H96N14O18S2.2C2HF3O2/c1-42-32-46(33-43(2)55(42)96(89,90)71-47(58(84)85)36-68-56(82)44-15-16-49-45(34-44)35-69-76(49)22-13-17-65-59-66-20-21-67-59)91-31-12-14-50(77)63-18-19-64-57(83)48(41-95(86,87)88)70-51(78)37-72-23-25-73(38-52(79)92-60(3,4)5)27-29-75(40-54(81)94-62(9,10)11)30-28-74(26-24-72)39-53(80)93-61(6,7)8;2*3-2(4,5)1(6)7/h15-16,20-21,32-35,47-48,71H,12-14,17-19,22-31,36-41H2,1-11H3,(H,63,77)(H,64,83)(H,68,82)(H,70,78)(H,84,85)(H2,65,66,67)(H,86,87,88);2*(H,6,7)/t47-,48-;;/m0../s1. The molecule has 0 bridgehead atoms. The Morgan fingerprint density at radius 3 is 1.50 bits per heavy atom. The molecule has 2 atom stereocenters. The van der Waals surface area contributed by atoms with E-state index < -0.39 is 140 Å². The van der Waals surface area contributed by atoms with Gasteiger partial charge in [0.25, 0.3) is 16.0 Å². The zero-order valence-electron chi connectivity index (χ0n) is 62.7. The predicted molar refractivity (Wildman–Crippen MR) is 381 cm³/mol. The van der Waals surface area contributed by atoms with E-state index >= 15 is 0 Å². The number of aromatic nitrogens is 4. The molecule has 0 radical (unpaired) electrons. The Labute approximate surface area is 631 Å². The smallest absolute Gasteiger partial charge is 0.490 e. The third kappa shape index (κ3) is 38.3. The summed E-state index contributed by atoms with van der Waals surface area (Å²) in [5.41, 5.74) is -0.892. The summed E-state index contributed by atoms with van der Waals surface area (Å²) < 4.78 is 152. The Morgan fingerprint density at radius 1 is 0.609 bits per heavy atom. The summed E-state index contributed by atoms with van der Waals surface area (Å²) in [4.78, 5) is 137. The van der Waals surface area contributed by atoms with Crippen LogP contribution in [0.5, 0.6) is 5.75 Å². The monoisotopic (exact) mass is 1620 g/mol. The third-order valence-electron chi connectivity index (χ3n) is 14.7. The predicted octanol–water partition coefficient (Wildman–Crippen LogP) is 2.32. The highest BCUT2D eigenvalue weighted by Crippen LogP contribution is 2.27. The van der Waals surface area contributed by atoms with E-state index in [1.807, 2.05) is 14.7 Å². The molecule has 1 aliphatic heterocycles. The highest BCUT2D eigenvalue weighted by Gasteiger charge is 2.39. The number of anilines is 1. The van der Waals surface area contributed by atoms with Gasteiger partial charge in [-0.25, -0.2) is 23.0 Å². The van der Waals surface area contributed by atoms with Crippen LogP contribution < -0.4 is 36.0 Å². The van der Waals surface area contributed by atoms with E-state index in [0.717, 1.165) is 11.9 Å². The molecule has 1 saturated heterocycles. The molecule has 2 aromatic carbocycles. The van der Waals surface area contributed by atoms with Crippen LogP contribution in [-0.2, 0) is 84.0 Å². The fraction of sp³-hybridized carbons (Fsp3) is 0.606. The van der Waals surface area contributed by atoms with Crippen LogP contribution in [0.3, 0.4) is 0 Å². The van der Waals surface area contributed by atoms with Crippen molar-refractivity contribution < 1.29 is 130 Å². The van der Waals surface area contributed by atoms with E-state index in [-0.39, 0.29) is 119 Å². The van der Waals surface area contributed by atoms with E-state index in [4.69, 9.17) is 38.7 Å². The second-order valence-electron chi connectivity index (χ2n) is 27.9. The molecule has 0 spiro atoms. The topological polar surface area (TPSA) is 488 Å². The highest BCUT2D eigenvalue weighted by atomic mass is 32.2. The molecule has 2 aromatic heterocycles. The van der Waals surface area contributed by atoms with E-state index in [0.29, 0.717) is 37.5 Å². The van der Waals surface area contributed by atoms with Gasteiger partial charge < -0.3 is 65.8 Å². The molecule has 44 heteroatoms. The first kappa shape index (κ1) is 94.9. The van der Waals surface area contributed by atoms with E-state index in [1.54, 1.807) is 109 Å². The van der Waals surface area contributed by atoms with Gasteiger partial charge in [-0.3, -0.25) is 67.2 Å². The molecule has 0 saturated carbocycles. The minimum atomic E-state index is -5.08. The van der Waals surface area contributed by atoms with Gasteiger partial charge in [0, 0.05) is 115 Å². The van der Waals surface area contributed by atoms with Crippen LogP contribution >= 0.6 is 0 Å². The van der Waals surface area contributed by atoms with Crippen LogP contribution in [0.2, 0.25) is 0 Å². The molecule has 1 fully saturated rings. The number of halogens is 6. The fourth-order valence-electron chi connectivity index (χ4n) is 10.1. The number of sulfonamides is 1. The van der Waals surface area contributed by atoms with Gasteiger partial charge in [0.05, 0.1) is 49.4 Å². The normalized spacial score (nSPS) is 14.7. The number of nitrogens with one attached hydrogen (secondary N) is 7. The molecule has 4 aromatic rings. The van der Waals surface area contributed by atoms with Crippen molar-refractivity contribution in [2.45, 2.75) is 148 Å². The number of rotatable bonds is 32. The molecule has 4 amide bonds. The number of aromatic amines is 1. The second-order valence-corrected chi connectivity index (χ2v) is 31.0. The van der Waals surface area contributed by atoms with Crippen LogP contribution in [0.15, 0.2) is 53.8 Å². The number of ether oxygens (including phenoxy) is 4. The third-order valence-corrected chi connectivity index (χ3v) is 17.2. The van der Waals surface area contributed by atoms with Crippen molar-refractivity contribution in [3.63, 3.8) is 0 Å². The Morgan fingerprint density at radius 2 is 1.07 bits per heavy atom. The molecule has 36 nitrogen and oxygen atoms in total. The SMILES string of the molecule is Cc1cc(OCCCC(=O)NCCNC(=O)[C@H](CS(=O)(=O)O)NC(=O)CN2CCN(CC(=O)OC(C)(C)C)CCN(CC(=O)OC(C)(C)C)CCN(CC(=O)OC(C)(C)C)CC2)cc(C)c1S(=O)(=O)N[C@@H](CNC(=O)c1ccc2c(cnn2CCCNc2ncc[nH]2)c1)C(=O)O.O=C(O)C(F)(F)F.O=C(O)C(F)(F)F. The van der Waals surface area contributed by atoms with Crippen LogP contribution in [0, 0.1) is 13.8 Å². The quantitative estimate of drug-likeness (QED) is 0.0110. The van der Waals surface area contributed by atoms with Crippen molar-refractivity contribution in [3.05, 3.63) is 65.6 Å². The fourth-order valence-corrected chi connectivity index (χ4v) is 12.4. The summed E-state index contributed by atoms with van der Waals surface area (Å²) in [6, 6.07) is 4.24. The van der Waals surface area contributed by atoms with Crippen molar-refractivity contribution in [2.75, 3.05) is 122 Å². The largest absolute Gasteiger partial charge is 0.494 e. The number of aliphatic carboxylic acids is 3. The van der Waals surface area contributed by atoms with Crippen molar-refractivity contribution in [1.82, 2.24) is 65.3 Å². The first-order valence-corrected chi connectivity index (χ1v) is 37.2. The number of amides is 4. The molecule has 3 heterocycles. The number of imidazole rings is 1. The molecule has 0 unspecified atom stereocenters. The number of carboxylic acids is 3. The van der Waals surface area contributed by atoms with E-state index in [1.165, 1.54) is 26.0 Å². The average Bonchev–Trinajstić information content (AvgIpc) is 1.24. The molecular weight excluding hydrogens is 1520 g/mol. The molecule has 11 N–H and O–H groups in total. The number of esters is 3. The molecule has 0 aliphatic carbocycles. The minimum absolute atomic E-state index is 0.00747. The van der Waals surface area contributed by atoms with Gasteiger partial charge in [-0.15, -0.1) is 0 Å². The molecule has 110 heavy (non-hydrogen) atoms. The molecule has 1 aliphatic rings. The number of carboxylic acid groups (broad SMARTS) is 3. The second kappa shape index (κ2) is 42.7. The number of nitrogens with zero attached hydrogens (tertiary/aromatic N) is 7. The zero-order valence-corrected chi connectivity index (χ0v) is 64.3. The number of aryl methyl sites for hydroxylation is 3. The average molecular weight is 1620 g/mol. The lowest BCUT2D eigenvalue weighted by atomic mass is 10.1. The lowest BCUT2D eigenvalue weighted by Crippen LogP contribution is -2.54. The number of fused-ring (bicyclic) bond motifs is 1. The van der Waals surface area contributed by atoms with Crippen molar-refractivity contribution in [2.24, 2.45) is 0 Å². The first-order chi connectivity index (χ1) is 50.7. The number of H-pyrrole nitrogens is 1. The number of carbonyl (C=O) groups is 10. The maximum absolute atomic E-state index is 13.8. The van der Waals surface area contributed by atoms with Crippen LogP contribution in [0.1, 0.15) is 103 Å². The summed E-state index contributed by atoms with van der Waals surface area (Å²) in [5, 5.41) is 42.5. The Bertz CT molecular complexity index is 3900. The maximum atomic E-state index is 13.8. The zero-order chi connectivity index (χ0) is 83.3. The van der Waals surface area contributed by atoms with Crippen LogP contribution in [0.4, 0.5) is 32.3 Å². The molecular formula is C66H98F6N14O22S2. The highest BCUT2D eigenvalue weighted by molar-refractivity contribution is 7.89. The first-order valence-electron chi connectivity index (χ1n) is 34.1. The Hall–Kier alpha value is -9.34. The summed E-state index contributed by atoms with van der Waals surface area (Å²) in [7, 11) is -9.33. The summed E-state index contributed by atoms with van der Waals surface area (Å²) in [6.07, 6.45) is -4.34. The molecule has 5 rings (SSSR count). The van der Waals surface area contributed by atoms with Crippen LogP contribution in [-0.4, -0.2) is 294 Å². The molecule has 618 valence electrons. The number of hydrogen-bond acceptors (Lipinski definition) is 25. The Kier molecular flexibility index (Phi) is 36.9. The van der Waals surface area contributed by atoms with Gasteiger partial charge in [-0.05, 0) is 130 Å². The number of carbonyl (C=O) groups excluding carboxylic acids is 7. The van der Waals surface area contributed by atoms with Gasteiger partial charge in [-0.1, -0.05) is 0 Å². The van der Waals surface area contributed by atoms with Crippen molar-refractivity contribution >= 4 is 96.4 Å². The van der Waals surface area contributed by atoms with Crippen LogP contribution in [0.25, 0.3) is 10.9 Å². The number of alkyl halides is 6. The Balaban J connectivity index is 0.00000203. The van der Waals surface area contributed by atoms with Gasteiger partial charge in [0.15, 0.2) is 5.95 Å². The summed E-state index contributed by atoms with van der Waals surface area (Å²) in [5.74, 6) is -11.7. The summed E-state index contributed by atoms with van der Waals surface area (Å²) >= 11 is 0. The number of hydrogen-bond donors (Lipinski definition) is 11. The number of benzene rings is 2. The maximum Gasteiger partial charge on any atom is 0.490 e. The van der Waals surface area contributed by atoms with E-state index in [9.17, 15) is 91.2 Å².